The summed E-state index contributed by atoms with van der Waals surface area (Å²) >= 11 is 0. The largest absolute Gasteiger partial charge is 0.508 e. The molecule has 11 heteroatoms. The minimum absolute atomic E-state index is 0.116. The van der Waals surface area contributed by atoms with Crippen LogP contribution in [-0.4, -0.2) is 104 Å². The molecule has 2 fully saturated rings. The fourth-order valence-corrected chi connectivity index (χ4v) is 4.24. The Morgan fingerprint density at radius 1 is 0.784 bits per heavy atom. The maximum absolute atomic E-state index is 10.8. The molecule has 4 rings (SSSR count). The van der Waals surface area contributed by atoms with Gasteiger partial charge in [0.25, 0.3) is 0 Å². The molecule has 0 aliphatic carbocycles. The summed E-state index contributed by atoms with van der Waals surface area (Å²) in [5, 5.41) is 71.4. The van der Waals surface area contributed by atoms with Crippen molar-refractivity contribution in [1.82, 2.24) is 0 Å². The van der Waals surface area contributed by atoms with Crippen molar-refractivity contribution in [3.8, 4) is 11.5 Å². The van der Waals surface area contributed by atoms with Gasteiger partial charge in [-0.1, -0.05) is 42.5 Å². The summed E-state index contributed by atoms with van der Waals surface area (Å²) in [6, 6.07) is 13.9. The Morgan fingerprint density at radius 3 is 2.19 bits per heavy atom. The summed E-state index contributed by atoms with van der Waals surface area (Å²) in [6.07, 6.45) is -10.8. The van der Waals surface area contributed by atoms with Crippen LogP contribution in [0, 0.1) is 0 Å². The van der Waals surface area contributed by atoms with E-state index in [9.17, 15) is 35.7 Å². The Labute approximate surface area is 213 Å². The summed E-state index contributed by atoms with van der Waals surface area (Å²) in [7, 11) is 0. The van der Waals surface area contributed by atoms with Gasteiger partial charge in [0, 0.05) is 6.07 Å². The molecule has 0 bridgehead atoms. The minimum Gasteiger partial charge on any atom is -0.508 e. The van der Waals surface area contributed by atoms with Crippen molar-refractivity contribution in [2.75, 3.05) is 6.61 Å². The highest BCUT2D eigenvalue weighted by Gasteiger charge is 2.50. The van der Waals surface area contributed by atoms with E-state index in [0.29, 0.717) is 5.56 Å². The van der Waals surface area contributed by atoms with E-state index in [1.807, 2.05) is 36.4 Å². The average molecular weight is 521 g/mol. The van der Waals surface area contributed by atoms with Crippen LogP contribution < -0.4 is 4.74 Å². The van der Waals surface area contributed by atoms with Crippen molar-refractivity contribution in [3.05, 3.63) is 59.7 Å². The second-order valence-electron chi connectivity index (χ2n) is 9.11. The Hall–Kier alpha value is -2.58. The predicted molar refractivity (Wildman–Crippen MR) is 129 cm³/mol. The SMILES string of the molecule is CC1OC(OC2C(Oc3cc(O)cc(C=Cc4ccccc4)c3)OC(CO)C(O)C2O)C(O)C(O)C1O. The van der Waals surface area contributed by atoms with Crippen LogP contribution in [0.5, 0.6) is 11.5 Å². The number of rotatable bonds is 7. The first-order chi connectivity index (χ1) is 17.7. The van der Waals surface area contributed by atoms with E-state index in [1.165, 1.54) is 19.1 Å². The van der Waals surface area contributed by atoms with Gasteiger partial charge in [-0.25, -0.2) is 0 Å². The molecule has 10 unspecified atom stereocenters. The number of hydrogen-bond acceptors (Lipinski definition) is 11. The molecular formula is C26H32O11. The maximum atomic E-state index is 10.8. The second-order valence-corrected chi connectivity index (χ2v) is 9.11. The van der Waals surface area contributed by atoms with E-state index >= 15 is 0 Å². The maximum Gasteiger partial charge on any atom is 0.229 e. The first kappa shape index (κ1) is 27.5. The molecular weight excluding hydrogens is 488 g/mol. The third-order valence-corrected chi connectivity index (χ3v) is 6.36. The Kier molecular flexibility index (Phi) is 8.80. The van der Waals surface area contributed by atoms with Gasteiger partial charge in [0.2, 0.25) is 6.29 Å². The number of phenolic OH excluding ortho intramolecular Hbond substituents is 1. The van der Waals surface area contributed by atoms with Crippen molar-refractivity contribution in [2.24, 2.45) is 0 Å². The molecule has 0 amide bonds. The van der Waals surface area contributed by atoms with Gasteiger partial charge < -0.3 is 54.7 Å². The van der Waals surface area contributed by atoms with Crippen LogP contribution in [-0.2, 0) is 14.2 Å². The van der Waals surface area contributed by atoms with Crippen molar-refractivity contribution in [3.63, 3.8) is 0 Å². The molecule has 202 valence electrons. The van der Waals surface area contributed by atoms with Gasteiger partial charge in [-0.3, -0.25) is 0 Å². The second kappa shape index (κ2) is 11.9. The normalized spacial score (nSPS) is 36.5. The van der Waals surface area contributed by atoms with Crippen molar-refractivity contribution in [1.29, 1.82) is 0 Å². The van der Waals surface area contributed by atoms with Gasteiger partial charge in [-0.15, -0.1) is 0 Å². The molecule has 0 spiro atoms. The Balaban J connectivity index is 1.56. The molecule has 11 nitrogen and oxygen atoms in total. The first-order valence-electron chi connectivity index (χ1n) is 11.9. The van der Waals surface area contributed by atoms with Crippen LogP contribution in [0.4, 0.5) is 0 Å². The molecule has 37 heavy (non-hydrogen) atoms. The van der Waals surface area contributed by atoms with Gasteiger partial charge in [-0.2, -0.15) is 0 Å². The van der Waals surface area contributed by atoms with Crippen LogP contribution in [0.15, 0.2) is 48.5 Å². The minimum atomic E-state index is -1.68. The standard InChI is InChI=1S/C26H32O11/c1-13-19(29)21(31)23(33)25(34-13)37-24-22(32)20(30)18(12-27)36-26(24)35-17-10-15(9-16(28)11-17)8-7-14-5-3-2-4-6-14/h2-11,13,18-33H,12H2,1H3. The highest BCUT2D eigenvalue weighted by atomic mass is 16.8. The fraction of sp³-hybridized carbons (Fsp3) is 0.462. The van der Waals surface area contributed by atoms with Crippen molar-refractivity contribution in [2.45, 2.75) is 68.3 Å². The smallest absolute Gasteiger partial charge is 0.229 e. The highest BCUT2D eigenvalue weighted by molar-refractivity contribution is 5.70. The van der Waals surface area contributed by atoms with Crippen LogP contribution >= 0.6 is 0 Å². The quantitative estimate of drug-likeness (QED) is 0.236. The summed E-state index contributed by atoms with van der Waals surface area (Å²) in [6.45, 7) is 0.826. The molecule has 2 aromatic rings. The van der Waals surface area contributed by atoms with Crippen LogP contribution in [0.2, 0.25) is 0 Å². The molecule has 10 atom stereocenters. The van der Waals surface area contributed by atoms with Crippen LogP contribution in [0.1, 0.15) is 18.1 Å². The zero-order chi connectivity index (χ0) is 26.7. The Morgan fingerprint density at radius 2 is 1.49 bits per heavy atom. The molecule has 7 N–H and O–H groups in total. The number of aromatic hydroxyl groups is 1. The zero-order valence-electron chi connectivity index (χ0n) is 20.0. The third-order valence-electron chi connectivity index (χ3n) is 6.36. The number of phenols is 1. The Bertz CT molecular complexity index is 1050. The van der Waals surface area contributed by atoms with Crippen molar-refractivity contribution >= 4 is 12.2 Å². The van der Waals surface area contributed by atoms with E-state index < -0.39 is 68.0 Å². The fourth-order valence-electron chi connectivity index (χ4n) is 4.24. The number of aliphatic hydroxyl groups excluding tert-OH is 6. The monoisotopic (exact) mass is 520 g/mol. The van der Waals surface area contributed by atoms with E-state index in [0.717, 1.165) is 5.56 Å². The van der Waals surface area contributed by atoms with Gasteiger partial charge in [-0.05, 0) is 30.2 Å². The molecule has 0 aromatic heterocycles. The number of aliphatic hydroxyl groups is 6. The molecule has 2 aliphatic rings. The molecule has 2 saturated heterocycles. The summed E-state index contributed by atoms with van der Waals surface area (Å²) in [4.78, 5) is 0. The van der Waals surface area contributed by atoms with E-state index in [-0.39, 0.29) is 11.5 Å². The van der Waals surface area contributed by atoms with Gasteiger partial charge in [0.15, 0.2) is 12.4 Å². The molecule has 2 heterocycles. The van der Waals surface area contributed by atoms with Crippen LogP contribution in [0.3, 0.4) is 0 Å². The lowest BCUT2D eigenvalue weighted by Crippen LogP contribution is -2.64. The van der Waals surface area contributed by atoms with Gasteiger partial charge in [0.1, 0.15) is 48.1 Å². The lowest BCUT2D eigenvalue weighted by atomic mass is 9.97. The van der Waals surface area contributed by atoms with E-state index in [2.05, 4.69) is 0 Å². The molecule has 2 aliphatic heterocycles. The lowest BCUT2D eigenvalue weighted by molar-refractivity contribution is -0.354. The third kappa shape index (κ3) is 6.29. The van der Waals surface area contributed by atoms with Crippen LogP contribution in [0.25, 0.3) is 12.2 Å². The molecule has 0 saturated carbocycles. The lowest BCUT2D eigenvalue weighted by Gasteiger charge is -2.45. The predicted octanol–water partition coefficient (Wildman–Crippen LogP) is -0.407. The van der Waals surface area contributed by atoms with E-state index in [4.69, 9.17) is 18.9 Å². The summed E-state index contributed by atoms with van der Waals surface area (Å²) < 4.78 is 22.7. The average Bonchev–Trinajstić information content (AvgIpc) is 2.89. The number of ether oxygens (including phenoxy) is 4. The summed E-state index contributed by atoms with van der Waals surface area (Å²) in [5.74, 6) is 0.00952. The highest BCUT2D eigenvalue weighted by Crippen LogP contribution is 2.32. The summed E-state index contributed by atoms with van der Waals surface area (Å²) in [5.41, 5.74) is 1.52. The van der Waals surface area contributed by atoms with Crippen molar-refractivity contribution < 1.29 is 54.7 Å². The zero-order valence-corrected chi connectivity index (χ0v) is 20.0. The number of hydrogen-bond donors (Lipinski definition) is 7. The first-order valence-corrected chi connectivity index (χ1v) is 11.9. The number of benzene rings is 2. The van der Waals surface area contributed by atoms with E-state index in [1.54, 1.807) is 12.1 Å². The molecule has 0 radical (unpaired) electrons. The van der Waals surface area contributed by atoms with Gasteiger partial charge >= 0.3 is 0 Å². The topological polar surface area (TPSA) is 179 Å². The van der Waals surface area contributed by atoms with Gasteiger partial charge in [0.05, 0.1) is 12.7 Å². The molecule has 2 aromatic carbocycles.